The number of methoxy groups -OCH3 is 1. The number of ether oxygens (including phenoxy) is 1. The minimum atomic E-state index is -0.228. The van der Waals surface area contributed by atoms with E-state index < -0.39 is 0 Å². The molecular formula is C18H15Cl2N3O3S. The van der Waals surface area contributed by atoms with Gasteiger partial charge >= 0.3 is 0 Å². The smallest absolute Gasteiger partial charge is 0.277 e. The monoisotopic (exact) mass is 423 g/mol. The quantitative estimate of drug-likeness (QED) is 0.554. The zero-order chi connectivity index (χ0) is 19.2. The van der Waals surface area contributed by atoms with Crippen LogP contribution >= 0.6 is 35.0 Å². The van der Waals surface area contributed by atoms with Crippen molar-refractivity contribution in [1.29, 1.82) is 0 Å². The summed E-state index contributed by atoms with van der Waals surface area (Å²) in [5.74, 6) is 1.15. The molecular weight excluding hydrogens is 409 g/mol. The standard InChI is InChI=1S/C18H15Cl2N3O3S/c1-25-15-4-2-11(3-5-15)6-17-22-23-18(26-17)27-10-16(24)21-14-8-12(19)7-13(20)9-14/h2-5,7-9H,6,10H2,1H3,(H,21,24). The Balaban J connectivity index is 1.51. The summed E-state index contributed by atoms with van der Waals surface area (Å²) in [6.07, 6.45) is 0.505. The second-order valence-electron chi connectivity index (χ2n) is 5.48. The van der Waals surface area contributed by atoms with Crippen LogP contribution in [0.1, 0.15) is 11.5 Å². The molecule has 3 rings (SSSR count). The van der Waals surface area contributed by atoms with Gasteiger partial charge in [-0.15, -0.1) is 10.2 Å². The van der Waals surface area contributed by atoms with Crippen LogP contribution in [0.15, 0.2) is 52.1 Å². The van der Waals surface area contributed by atoms with Crippen molar-refractivity contribution in [3.8, 4) is 5.75 Å². The highest BCUT2D eigenvalue weighted by molar-refractivity contribution is 7.99. The molecule has 0 aliphatic heterocycles. The van der Waals surface area contributed by atoms with E-state index in [0.29, 0.717) is 33.3 Å². The van der Waals surface area contributed by atoms with Crippen molar-refractivity contribution in [3.05, 3.63) is 64.0 Å². The van der Waals surface area contributed by atoms with Crippen LogP contribution < -0.4 is 10.1 Å². The zero-order valence-corrected chi connectivity index (χ0v) is 16.6. The molecule has 3 aromatic rings. The van der Waals surface area contributed by atoms with Gasteiger partial charge in [-0.2, -0.15) is 0 Å². The molecule has 1 heterocycles. The van der Waals surface area contributed by atoms with Gasteiger partial charge in [-0.25, -0.2) is 0 Å². The van der Waals surface area contributed by atoms with E-state index in [-0.39, 0.29) is 11.7 Å². The summed E-state index contributed by atoms with van der Waals surface area (Å²) in [6.45, 7) is 0. The van der Waals surface area contributed by atoms with Crippen molar-refractivity contribution < 1.29 is 13.9 Å². The molecule has 0 fully saturated rings. The van der Waals surface area contributed by atoms with Crippen molar-refractivity contribution in [1.82, 2.24) is 10.2 Å². The van der Waals surface area contributed by atoms with Gasteiger partial charge in [0.25, 0.3) is 5.22 Å². The first kappa shape index (κ1) is 19.5. The predicted octanol–water partition coefficient (Wildman–Crippen LogP) is 4.71. The van der Waals surface area contributed by atoms with Crippen LogP contribution in [0.4, 0.5) is 5.69 Å². The molecule has 1 aromatic heterocycles. The maximum atomic E-state index is 12.0. The Morgan fingerprint density at radius 2 is 1.85 bits per heavy atom. The van der Waals surface area contributed by atoms with Crippen molar-refractivity contribution in [2.75, 3.05) is 18.2 Å². The number of nitrogens with zero attached hydrogens (tertiary/aromatic N) is 2. The minimum Gasteiger partial charge on any atom is -0.497 e. The summed E-state index contributed by atoms with van der Waals surface area (Å²) in [7, 11) is 1.62. The van der Waals surface area contributed by atoms with E-state index >= 15 is 0 Å². The molecule has 0 aliphatic rings. The average molecular weight is 424 g/mol. The molecule has 0 atom stereocenters. The third-order valence-corrected chi connectivity index (χ3v) is 4.69. The van der Waals surface area contributed by atoms with Crippen molar-refractivity contribution >= 4 is 46.6 Å². The van der Waals surface area contributed by atoms with E-state index in [0.717, 1.165) is 23.1 Å². The van der Waals surface area contributed by atoms with Gasteiger partial charge in [0.15, 0.2) is 0 Å². The van der Waals surface area contributed by atoms with Gasteiger partial charge in [0.05, 0.1) is 19.3 Å². The molecule has 0 spiro atoms. The number of carbonyl (C=O) groups is 1. The Morgan fingerprint density at radius 3 is 2.52 bits per heavy atom. The van der Waals surface area contributed by atoms with Gasteiger partial charge < -0.3 is 14.5 Å². The number of benzene rings is 2. The molecule has 0 radical (unpaired) electrons. The van der Waals surface area contributed by atoms with Crippen LogP contribution in [-0.4, -0.2) is 29.0 Å². The first-order valence-electron chi connectivity index (χ1n) is 7.86. The van der Waals surface area contributed by atoms with E-state index in [1.54, 1.807) is 25.3 Å². The molecule has 0 unspecified atom stereocenters. The normalized spacial score (nSPS) is 10.6. The van der Waals surface area contributed by atoms with Gasteiger partial charge in [-0.1, -0.05) is 47.1 Å². The number of hydrogen-bond donors (Lipinski definition) is 1. The number of rotatable bonds is 7. The summed E-state index contributed by atoms with van der Waals surface area (Å²) >= 11 is 13.0. The van der Waals surface area contributed by atoms with Gasteiger partial charge in [0, 0.05) is 15.7 Å². The molecule has 27 heavy (non-hydrogen) atoms. The fourth-order valence-corrected chi connectivity index (χ4v) is 3.34. The molecule has 0 saturated carbocycles. The number of halogens is 2. The maximum absolute atomic E-state index is 12.0. The summed E-state index contributed by atoms with van der Waals surface area (Å²) in [6, 6.07) is 12.4. The van der Waals surface area contributed by atoms with Gasteiger partial charge in [0.1, 0.15) is 5.75 Å². The fourth-order valence-electron chi connectivity index (χ4n) is 2.24. The molecule has 0 saturated heterocycles. The summed E-state index contributed by atoms with van der Waals surface area (Å²) in [4.78, 5) is 12.0. The lowest BCUT2D eigenvalue weighted by atomic mass is 10.1. The third kappa shape index (κ3) is 5.89. The largest absolute Gasteiger partial charge is 0.497 e. The Bertz CT molecular complexity index is 912. The lowest BCUT2D eigenvalue weighted by Gasteiger charge is -2.05. The van der Waals surface area contributed by atoms with Crippen LogP contribution in [0.2, 0.25) is 10.0 Å². The summed E-state index contributed by atoms with van der Waals surface area (Å²) in [5.41, 5.74) is 1.55. The molecule has 1 amide bonds. The van der Waals surface area contributed by atoms with Crippen LogP contribution in [0.25, 0.3) is 0 Å². The number of hydrogen-bond acceptors (Lipinski definition) is 6. The molecule has 1 N–H and O–H groups in total. The van der Waals surface area contributed by atoms with Crippen LogP contribution in [0, 0.1) is 0 Å². The average Bonchev–Trinajstić information content (AvgIpc) is 3.07. The van der Waals surface area contributed by atoms with E-state index in [9.17, 15) is 4.79 Å². The highest BCUT2D eigenvalue weighted by atomic mass is 35.5. The van der Waals surface area contributed by atoms with Crippen molar-refractivity contribution in [2.24, 2.45) is 0 Å². The van der Waals surface area contributed by atoms with Crippen molar-refractivity contribution in [3.63, 3.8) is 0 Å². The Labute approximate surface area is 170 Å². The van der Waals surface area contributed by atoms with Gasteiger partial charge in [-0.05, 0) is 35.9 Å². The number of thioether (sulfide) groups is 1. The minimum absolute atomic E-state index is 0.119. The van der Waals surface area contributed by atoms with Gasteiger partial charge in [-0.3, -0.25) is 4.79 Å². The number of anilines is 1. The number of nitrogens with one attached hydrogen (secondary N) is 1. The first-order chi connectivity index (χ1) is 13.0. The fraction of sp³-hybridized carbons (Fsp3) is 0.167. The Kier molecular flexibility index (Phi) is 6.60. The molecule has 6 nitrogen and oxygen atoms in total. The van der Waals surface area contributed by atoms with E-state index in [1.807, 2.05) is 24.3 Å². The maximum Gasteiger partial charge on any atom is 0.277 e. The van der Waals surface area contributed by atoms with Gasteiger partial charge in [0.2, 0.25) is 11.8 Å². The number of carbonyl (C=O) groups excluding carboxylic acids is 1. The lowest BCUT2D eigenvalue weighted by Crippen LogP contribution is -2.13. The summed E-state index contributed by atoms with van der Waals surface area (Å²) < 4.78 is 10.7. The van der Waals surface area contributed by atoms with Crippen LogP contribution in [-0.2, 0) is 11.2 Å². The van der Waals surface area contributed by atoms with E-state index in [2.05, 4.69) is 15.5 Å². The molecule has 0 bridgehead atoms. The second-order valence-corrected chi connectivity index (χ2v) is 7.28. The predicted molar refractivity (Wildman–Crippen MR) is 106 cm³/mol. The Hall–Kier alpha value is -2.22. The Morgan fingerprint density at radius 1 is 1.15 bits per heavy atom. The summed E-state index contributed by atoms with van der Waals surface area (Å²) in [5, 5.41) is 11.9. The van der Waals surface area contributed by atoms with E-state index in [4.69, 9.17) is 32.4 Å². The zero-order valence-electron chi connectivity index (χ0n) is 14.2. The topological polar surface area (TPSA) is 77.2 Å². The SMILES string of the molecule is COc1ccc(Cc2nnc(SCC(=O)Nc3cc(Cl)cc(Cl)c3)o2)cc1. The van der Waals surface area contributed by atoms with E-state index in [1.165, 1.54) is 0 Å². The van der Waals surface area contributed by atoms with Crippen LogP contribution in [0.5, 0.6) is 5.75 Å². The lowest BCUT2D eigenvalue weighted by molar-refractivity contribution is -0.113. The van der Waals surface area contributed by atoms with Crippen LogP contribution in [0.3, 0.4) is 0 Å². The third-order valence-electron chi connectivity index (χ3n) is 3.44. The molecule has 140 valence electrons. The highest BCUT2D eigenvalue weighted by Gasteiger charge is 2.11. The highest BCUT2D eigenvalue weighted by Crippen LogP contribution is 2.23. The second kappa shape index (κ2) is 9.12. The molecule has 9 heteroatoms. The first-order valence-corrected chi connectivity index (χ1v) is 9.60. The molecule has 2 aromatic carbocycles. The number of amides is 1. The molecule has 0 aliphatic carbocycles. The number of aromatic nitrogens is 2. The van der Waals surface area contributed by atoms with Crippen molar-refractivity contribution in [2.45, 2.75) is 11.6 Å².